The van der Waals surface area contributed by atoms with Crippen LogP contribution in [0.1, 0.15) is 25.8 Å². The molecule has 0 aromatic heterocycles. The molecule has 1 aliphatic carbocycles. The van der Waals surface area contributed by atoms with Crippen LogP contribution in [0.15, 0.2) is 24.3 Å². The number of carbonyl (C=O) groups is 1. The summed E-state index contributed by atoms with van der Waals surface area (Å²) in [5.41, 5.74) is 6.28. The number of hydrogen-bond acceptors (Lipinski definition) is 3. The summed E-state index contributed by atoms with van der Waals surface area (Å²) in [4.78, 5) is 14.6. The van der Waals surface area contributed by atoms with Crippen molar-refractivity contribution in [3.05, 3.63) is 29.8 Å². The first-order valence-electron chi connectivity index (χ1n) is 6.89. The van der Waals surface area contributed by atoms with E-state index in [-0.39, 0.29) is 35.5 Å². The summed E-state index contributed by atoms with van der Waals surface area (Å²) in [5, 5.41) is 9.39. The van der Waals surface area contributed by atoms with Gasteiger partial charge < -0.3 is 21.2 Å². The smallest absolute Gasteiger partial charge is 0.233 e. The van der Waals surface area contributed by atoms with Crippen LogP contribution in [0.5, 0.6) is 5.75 Å². The van der Waals surface area contributed by atoms with E-state index < -0.39 is 5.41 Å². The topological polar surface area (TPSA) is 98.1 Å². The molecule has 1 aromatic carbocycles. The molecule has 1 saturated carbocycles. The molecule has 0 spiro atoms. The number of nitrogens with two attached hydrogens (primary N) is 1. The number of phenolic OH excluding ortho intramolecular Hbond substituents is 1. The molecule has 120 valence electrons. The average molecular weight is 317 g/mol. The molecule has 1 amide bonds. The first kappa shape index (κ1) is 19.7. The Bertz CT molecular complexity index is 462. The summed E-state index contributed by atoms with van der Waals surface area (Å²) in [6.07, 6.45) is 0.809. The molecule has 0 aliphatic heterocycles. The van der Waals surface area contributed by atoms with E-state index in [4.69, 9.17) is 5.73 Å². The number of amides is 1. The van der Waals surface area contributed by atoms with Gasteiger partial charge in [0.1, 0.15) is 5.75 Å². The number of carbonyl (C=O) groups excluding carboxylic acids is 1. The first-order valence-corrected chi connectivity index (χ1v) is 6.89. The summed E-state index contributed by atoms with van der Waals surface area (Å²) in [5.74, 6) is 0.600. The van der Waals surface area contributed by atoms with Crippen LogP contribution < -0.4 is 5.73 Å². The van der Waals surface area contributed by atoms with E-state index in [2.05, 4.69) is 0 Å². The maximum Gasteiger partial charge on any atom is 0.233 e. The fourth-order valence-corrected chi connectivity index (χ4v) is 2.91. The number of halogens is 1. The van der Waals surface area contributed by atoms with E-state index in [9.17, 15) is 9.90 Å². The molecule has 0 radical (unpaired) electrons. The van der Waals surface area contributed by atoms with Gasteiger partial charge in [0.2, 0.25) is 5.91 Å². The number of nitrogens with zero attached hydrogens (tertiary/aromatic N) is 1. The third kappa shape index (κ3) is 3.31. The summed E-state index contributed by atoms with van der Waals surface area (Å²) < 4.78 is 0. The van der Waals surface area contributed by atoms with Gasteiger partial charge in [0.25, 0.3) is 0 Å². The van der Waals surface area contributed by atoms with Gasteiger partial charge in [0.15, 0.2) is 0 Å². The van der Waals surface area contributed by atoms with Gasteiger partial charge in [0, 0.05) is 13.1 Å². The number of benzene rings is 1. The molecule has 0 saturated heterocycles. The van der Waals surface area contributed by atoms with Gasteiger partial charge in [-0.3, -0.25) is 4.79 Å². The fraction of sp³-hybridized carbons (Fsp3) is 0.533. The van der Waals surface area contributed by atoms with Crippen LogP contribution in [0.25, 0.3) is 0 Å². The first-order chi connectivity index (χ1) is 9.09. The van der Waals surface area contributed by atoms with Crippen molar-refractivity contribution in [1.82, 2.24) is 4.90 Å². The zero-order valence-electron chi connectivity index (χ0n) is 12.5. The number of phenols is 1. The zero-order chi connectivity index (χ0) is 14.0. The normalized spacial score (nSPS) is 22.7. The highest BCUT2D eigenvalue weighted by Crippen LogP contribution is 2.55. The van der Waals surface area contributed by atoms with Crippen molar-refractivity contribution >= 4 is 18.3 Å². The number of aromatic hydroxyl groups is 1. The fourth-order valence-electron chi connectivity index (χ4n) is 2.91. The SMILES string of the molecule is CCN(CC)C(=O)[C@@]1(c2ccc(O)cc2)C[C@H]1CN.Cl.O. The van der Waals surface area contributed by atoms with Gasteiger partial charge in [-0.05, 0) is 50.4 Å². The average Bonchev–Trinajstić information content (AvgIpc) is 3.16. The second kappa shape index (κ2) is 7.64. The lowest BCUT2D eigenvalue weighted by molar-refractivity contribution is -0.134. The van der Waals surface area contributed by atoms with Crippen LogP contribution in [0.4, 0.5) is 0 Å². The maximum atomic E-state index is 12.8. The second-order valence-electron chi connectivity index (χ2n) is 5.13. The summed E-state index contributed by atoms with van der Waals surface area (Å²) in [7, 11) is 0. The molecule has 5 nitrogen and oxygen atoms in total. The Kier molecular flexibility index (Phi) is 7.16. The molecule has 1 aromatic rings. The summed E-state index contributed by atoms with van der Waals surface area (Å²) in [6.45, 7) is 5.93. The molecule has 2 rings (SSSR count). The van der Waals surface area contributed by atoms with Crippen LogP contribution in [0.3, 0.4) is 0 Å². The Morgan fingerprint density at radius 3 is 2.24 bits per heavy atom. The quantitative estimate of drug-likeness (QED) is 0.850. The van der Waals surface area contributed by atoms with Gasteiger partial charge in [-0.2, -0.15) is 0 Å². The van der Waals surface area contributed by atoms with Crippen LogP contribution in [-0.2, 0) is 10.2 Å². The van der Waals surface area contributed by atoms with Crippen LogP contribution in [0, 0.1) is 5.92 Å². The lowest BCUT2D eigenvalue weighted by atomic mass is 9.91. The highest BCUT2D eigenvalue weighted by Gasteiger charge is 2.61. The molecule has 2 atom stereocenters. The van der Waals surface area contributed by atoms with E-state index in [1.54, 1.807) is 12.1 Å². The van der Waals surface area contributed by atoms with E-state index in [0.29, 0.717) is 19.6 Å². The van der Waals surface area contributed by atoms with E-state index >= 15 is 0 Å². The standard InChI is InChI=1S/C15H22N2O2.ClH.H2O/c1-3-17(4-2)14(19)15(9-12(15)10-16)11-5-7-13(18)8-6-11;;/h5-8,12,18H,3-4,9-10,16H2,1-2H3;1H;1H2/t12-,15+;;/m0../s1. The Hall–Kier alpha value is -1.30. The molecule has 21 heavy (non-hydrogen) atoms. The predicted octanol–water partition coefficient (Wildman–Crippen LogP) is 1.07. The minimum Gasteiger partial charge on any atom is -0.508 e. The molecule has 0 heterocycles. The third-order valence-electron chi connectivity index (χ3n) is 4.20. The molecule has 5 N–H and O–H groups in total. The molecule has 0 unspecified atom stereocenters. The largest absolute Gasteiger partial charge is 0.508 e. The Balaban J connectivity index is 0.00000200. The summed E-state index contributed by atoms with van der Waals surface area (Å²) >= 11 is 0. The molecular formula is C15H25ClN2O3. The van der Waals surface area contributed by atoms with Gasteiger partial charge in [0.05, 0.1) is 5.41 Å². The minimum atomic E-state index is -0.464. The van der Waals surface area contributed by atoms with Gasteiger partial charge >= 0.3 is 0 Å². The molecule has 1 aliphatic rings. The zero-order valence-corrected chi connectivity index (χ0v) is 13.3. The van der Waals surface area contributed by atoms with Crippen LogP contribution >= 0.6 is 12.4 Å². The Morgan fingerprint density at radius 1 is 1.33 bits per heavy atom. The van der Waals surface area contributed by atoms with Gasteiger partial charge in [-0.15, -0.1) is 12.4 Å². The van der Waals surface area contributed by atoms with Crippen molar-refractivity contribution < 1.29 is 15.4 Å². The van der Waals surface area contributed by atoms with E-state index in [1.165, 1.54) is 0 Å². The molecular weight excluding hydrogens is 292 g/mol. The van der Waals surface area contributed by atoms with Crippen molar-refractivity contribution in [2.75, 3.05) is 19.6 Å². The molecule has 0 bridgehead atoms. The Labute approximate surface area is 131 Å². The van der Waals surface area contributed by atoms with Crippen LogP contribution in [0.2, 0.25) is 0 Å². The van der Waals surface area contributed by atoms with Crippen molar-refractivity contribution in [1.29, 1.82) is 0 Å². The van der Waals surface area contributed by atoms with Gasteiger partial charge in [-0.25, -0.2) is 0 Å². The van der Waals surface area contributed by atoms with Crippen molar-refractivity contribution in [2.24, 2.45) is 11.7 Å². The highest BCUT2D eigenvalue weighted by atomic mass is 35.5. The predicted molar refractivity (Wildman–Crippen MR) is 85.7 cm³/mol. The monoisotopic (exact) mass is 316 g/mol. The Morgan fingerprint density at radius 2 is 1.86 bits per heavy atom. The number of likely N-dealkylation sites (N-methyl/N-ethyl adjacent to an activating group) is 1. The lowest BCUT2D eigenvalue weighted by Crippen LogP contribution is -2.40. The summed E-state index contributed by atoms with van der Waals surface area (Å²) in [6, 6.07) is 6.95. The second-order valence-corrected chi connectivity index (χ2v) is 5.13. The maximum absolute atomic E-state index is 12.8. The number of rotatable bonds is 5. The third-order valence-corrected chi connectivity index (χ3v) is 4.20. The van der Waals surface area contributed by atoms with Crippen LogP contribution in [-0.4, -0.2) is 41.0 Å². The van der Waals surface area contributed by atoms with Crippen molar-refractivity contribution in [3.8, 4) is 5.75 Å². The van der Waals surface area contributed by atoms with E-state index in [1.807, 2.05) is 30.9 Å². The van der Waals surface area contributed by atoms with Crippen molar-refractivity contribution in [3.63, 3.8) is 0 Å². The molecule has 1 fully saturated rings. The lowest BCUT2D eigenvalue weighted by Gasteiger charge is -2.26. The minimum absolute atomic E-state index is 0. The number of hydrogen-bond donors (Lipinski definition) is 2. The highest BCUT2D eigenvalue weighted by molar-refractivity contribution is 5.92. The van der Waals surface area contributed by atoms with Crippen molar-refractivity contribution in [2.45, 2.75) is 25.7 Å². The van der Waals surface area contributed by atoms with E-state index in [0.717, 1.165) is 12.0 Å². The molecule has 6 heteroatoms. The van der Waals surface area contributed by atoms with Gasteiger partial charge in [-0.1, -0.05) is 12.1 Å².